The van der Waals surface area contributed by atoms with E-state index in [4.69, 9.17) is 5.73 Å². The summed E-state index contributed by atoms with van der Waals surface area (Å²) in [4.78, 5) is 9.60. The molecule has 16 heavy (non-hydrogen) atoms. The lowest BCUT2D eigenvalue weighted by molar-refractivity contribution is -0.138. The standard InChI is InChI=1S/C6H14N2O.C5H10O2/c7-5-6(9)1-3-8-4-2-6;1-5(2,3)7-4-6/h8-9H,1-5,7H2;4H,1-3H3. The molecule has 4 N–H and O–H groups in total. The van der Waals surface area contributed by atoms with Crippen LogP contribution in [0.4, 0.5) is 0 Å². The van der Waals surface area contributed by atoms with Gasteiger partial charge in [-0.3, -0.25) is 4.79 Å². The van der Waals surface area contributed by atoms with Crippen molar-refractivity contribution < 1.29 is 14.6 Å². The van der Waals surface area contributed by atoms with Crippen molar-refractivity contribution >= 4 is 6.47 Å². The summed E-state index contributed by atoms with van der Waals surface area (Å²) in [6.07, 6.45) is 1.59. The van der Waals surface area contributed by atoms with Crippen LogP contribution in [-0.2, 0) is 9.53 Å². The van der Waals surface area contributed by atoms with E-state index in [0.29, 0.717) is 13.0 Å². The van der Waals surface area contributed by atoms with Crippen molar-refractivity contribution in [3.8, 4) is 0 Å². The molecule has 0 saturated carbocycles. The highest BCUT2D eigenvalue weighted by molar-refractivity contribution is 5.37. The van der Waals surface area contributed by atoms with Crippen LogP contribution >= 0.6 is 0 Å². The number of hydrogen-bond donors (Lipinski definition) is 3. The number of nitrogens with one attached hydrogen (secondary N) is 1. The molecule has 1 aliphatic heterocycles. The number of piperidine rings is 1. The number of aliphatic hydroxyl groups is 1. The first-order chi connectivity index (χ1) is 7.33. The van der Waals surface area contributed by atoms with E-state index in [0.717, 1.165) is 25.9 Å². The van der Waals surface area contributed by atoms with Crippen LogP contribution in [0.15, 0.2) is 0 Å². The first-order valence-corrected chi connectivity index (χ1v) is 5.58. The minimum Gasteiger partial charge on any atom is -0.462 e. The summed E-state index contributed by atoms with van der Waals surface area (Å²) in [6.45, 7) is 8.11. The normalized spacial score (nSPS) is 19.3. The van der Waals surface area contributed by atoms with Crippen molar-refractivity contribution in [1.29, 1.82) is 0 Å². The SMILES string of the molecule is CC(C)(C)OC=O.NCC1(O)CCNCC1. The third-order valence-corrected chi connectivity index (χ3v) is 2.32. The molecule has 1 heterocycles. The fourth-order valence-corrected chi connectivity index (χ4v) is 1.24. The molecule has 1 fully saturated rings. The summed E-state index contributed by atoms with van der Waals surface area (Å²) in [5, 5.41) is 12.7. The van der Waals surface area contributed by atoms with Gasteiger partial charge >= 0.3 is 0 Å². The molecule has 0 aromatic rings. The van der Waals surface area contributed by atoms with Gasteiger partial charge in [0, 0.05) is 6.54 Å². The largest absolute Gasteiger partial charge is 0.462 e. The molecule has 1 rings (SSSR count). The Bertz CT molecular complexity index is 196. The maximum Gasteiger partial charge on any atom is 0.293 e. The zero-order chi connectivity index (χ0) is 12.7. The minimum absolute atomic E-state index is 0.318. The molecule has 0 radical (unpaired) electrons. The third kappa shape index (κ3) is 7.62. The second kappa shape index (κ2) is 6.83. The van der Waals surface area contributed by atoms with E-state index in [1.165, 1.54) is 0 Å². The van der Waals surface area contributed by atoms with Gasteiger partial charge in [-0.25, -0.2) is 0 Å². The average Bonchev–Trinajstić information content (AvgIpc) is 2.18. The second-order valence-corrected chi connectivity index (χ2v) is 5.00. The Labute approximate surface area is 97.3 Å². The van der Waals surface area contributed by atoms with E-state index in [1.54, 1.807) is 0 Å². The van der Waals surface area contributed by atoms with Crippen LogP contribution in [0.2, 0.25) is 0 Å². The van der Waals surface area contributed by atoms with E-state index in [-0.39, 0.29) is 5.60 Å². The zero-order valence-corrected chi connectivity index (χ0v) is 10.5. The second-order valence-electron chi connectivity index (χ2n) is 5.00. The monoisotopic (exact) mass is 232 g/mol. The summed E-state index contributed by atoms with van der Waals surface area (Å²) in [5.41, 5.74) is 4.48. The molecule has 0 aromatic heterocycles. The van der Waals surface area contributed by atoms with Crippen molar-refractivity contribution in [2.45, 2.75) is 44.8 Å². The topological polar surface area (TPSA) is 84.6 Å². The van der Waals surface area contributed by atoms with Crippen LogP contribution in [0.3, 0.4) is 0 Å². The van der Waals surface area contributed by atoms with Crippen LogP contribution < -0.4 is 11.1 Å². The number of nitrogens with two attached hydrogens (primary N) is 1. The summed E-state index contributed by atoms with van der Waals surface area (Å²) in [6, 6.07) is 0. The van der Waals surface area contributed by atoms with Gasteiger partial charge in [0.15, 0.2) is 0 Å². The van der Waals surface area contributed by atoms with Crippen molar-refractivity contribution in [2.75, 3.05) is 19.6 Å². The van der Waals surface area contributed by atoms with Crippen LogP contribution in [0.1, 0.15) is 33.6 Å². The van der Waals surface area contributed by atoms with Crippen molar-refractivity contribution in [1.82, 2.24) is 5.32 Å². The first kappa shape index (κ1) is 15.3. The quantitative estimate of drug-likeness (QED) is 0.584. The molecular weight excluding hydrogens is 208 g/mol. The Morgan fingerprint density at radius 3 is 2.12 bits per heavy atom. The van der Waals surface area contributed by atoms with Gasteiger partial charge in [0.05, 0.1) is 5.60 Å². The molecule has 0 unspecified atom stereocenters. The summed E-state index contributed by atoms with van der Waals surface area (Å²) < 4.78 is 4.55. The lowest BCUT2D eigenvalue weighted by Crippen LogP contribution is -2.46. The summed E-state index contributed by atoms with van der Waals surface area (Å²) >= 11 is 0. The van der Waals surface area contributed by atoms with Crippen LogP contribution in [0, 0.1) is 0 Å². The molecule has 1 aliphatic rings. The van der Waals surface area contributed by atoms with Gasteiger partial charge in [-0.2, -0.15) is 0 Å². The molecule has 96 valence electrons. The van der Waals surface area contributed by atoms with Gasteiger partial charge in [-0.05, 0) is 46.7 Å². The van der Waals surface area contributed by atoms with Crippen molar-refractivity contribution in [3.63, 3.8) is 0 Å². The Morgan fingerprint density at radius 1 is 1.44 bits per heavy atom. The molecule has 0 aliphatic carbocycles. The molecule has 0 atom stereocenters. The number of carbonyl (C=O) groups is 1. The highest BCUT2D eigenvalue weighted by Gasteiger charge is 2.26. The smallest absolute Gasteiger partial charge is 0.293 e. The Hall–Kier alpha value is -0.650. The molecule has 0 spiro atoms. The highest BCUT2D eigenvalue weighted by atomic mass is 16.5. The van der Waals surface area contributed by atoms with Crippen LogP contribution in [0.5, 0.6) is 0 Å². The fourth-order valence-electron chi connectivity index (χ4n) is 1.24. The Morgan fingerprint density at radius 2 is 1.94 bits per heavy atom. The molecule has 0 bridgehead atoms. The van der Waals surface area contributed by atoms with Crippen LogP contribution in [-0.4, -0.2) is 42.4 Å². The van der Waals surface area contributed by atoms with Gasteiger partial charge in [-0.1, -0.05) is 0 Å². The average molecular weight is 232 g/mol. The molecule has 5 nitrogen and oxygen atoms in total. The van der Waals surface area contributed by atoms with Gasteiger partial charge in [0.2, 0.25) is 0 Å². The predicted molar refractivity (Wildman–Crippen MR) is 63.0 cm³/mol. The number of ether oxygens (including phenoxy) is 1. The van der Waals surface area contributed by atoms with E-state index in [9.17, 15) is 9.90 Å². The van der Waals surface area contributed by atoms with E-state index in [2.05, 4.69) is 10.1 Å². The summed E-state index contributed by atoms with van der Waals surface area (Å²) in [5.74, 6) is 0. The number of carbonyl (C=O) groups excluding carboxylic acids is 1. The molecule has 1 saturated heterocycles. The lowest BCUT2D eigenvalue weighted by atomic mass is 9.93. The Balaban J connectivity index is 0.000000293. The maximum atomic E-state index is 9.60. The zero-order valence-electron chi connectivity index (χ0n) is 10.5. The van der Waals surface area contributed by atoms with Crippen molar-refractivity contribution in [3.05, 3.63) is 0 Å². The van der Waals surface area contributed by atoms with Crippen molar-refractivity contribution in [2.24, 2.45) is 5.73 Å². The number of hydrogen-bond acceptors (Lipinski definition) is 5. The van der Waals surface area contributed by atoms with Crippen LogP contribution in [0.25, 0.3) is 0 Å². The van der Waals surface area contributed by atoms with E-state index in [1.807, 2.05) is 20.8 Å². The fraction of sp³-hybridized carbons (Fsp3) is 0.909. The lowest BCUT2D eigenvalue weighted by Gasteiger charge is -2.30. The van der Waals surface area contributed by atoms with Gasteiger partial charge in [-0.15, -0.1) is 0 Å². The predicted octanol–water partition coefficient (Wildman–Crippen LogP) is 0.0175. The van der Waals surface area contributed by atoms with Gasteiger partial charge in [0.25, 0.3) is 6.47 Å². The van der Waals surface area contributed by atoms with Gasteiger partial charge < -0.3 is 20.9 Å². The van der Waals surface area contributed by atoms with Gasteiger partial charge in [0.1, 0.15) is 5.60 Å². The molecular formula is C11H24N2O3. The molecule has 0 amide bonds. The third-order valence-electron chi connectivity index (χ3n) is 2.32. The van der Waals surface area contributed by atoms with E-state index >= 15 is 0 Å². The maximum absolute atomic E-state index is 9.60. The van der Waals surface area contributed by atoms with E-state index < -0.39 is 5.60 Å². The minimum atomic E-state index is -0.564. The summed E-state index contributed by atoms with van der Waals surface area (Å²) in [7, 11) is 0. The Kier molecular flexibility index (Phi) is 6.55. The number of rotatable bonds is 2. The highest BCUT2D eigenvalue weighted by Crippen LogP contribution is 2.15. The molecule has 0 aromatic carbocycles. The molecule has 5 heteroatoms. The first-order valence-electron chi connectivity index (χ1n) is 5.58.